The number of hydrogen-bond donors (Lipinski definition) is 1. The van der Waals surface area contributed by atoms with Gasteiger partial charge >= 0.3 is 0 Å². The van der Waals surface area contributed by atoms with Gasteiger partial charge in [-0.15, -0.1) is 0 Å². The van der Waals surface area contributed by atoms with Gasteiger partial charge in [0.25, 0.3) is 0 Å². The van der Waals surface area contributed by atoms with E-state index in [4.69, 9.17) is 0 Å². The first kappa shape index (κ1) is 16.2. The maximum absolute atomic E-state index is 13.8. The Labute approximate surface area is 134 Å². The molecule has 3 heteroatoms. The molecule has 2 aromatic rings. The molecule has 0 spiro atoms. The zero-order valence-corrected chi connectivity index (χ0v) is 14.3. The maximum Gasteiger partial charge on any atom is 0.137 e. The lowest BCUT2D eigenvalue weighted by Gasteiger charge is -2.22. The Morgan fingerprint density at radius 2 is 1.86 bits per heavy atom. The molecule has 0 saturated carbocycles. The van der Waals surface area contributed by atoms with Crippen LogP contribution in [-0.2, 0) is 12.8 Å². The number of rotatable bonds is 5. The Bertz CT molecular complexity index is 625. The van der Waals surface area contributed by atoms with E-state index in [2.05, 4.69) is 53.3 Å². The fourth-order valence-electron chi connectivity index (χ4n) is 2.68. The number of nitrogens with one attached hydrogen (secondary N) is 1. The van der Waals surface area contributed by atoms with Crippen molar-refractivity contribution in [2.24, 2.45) is 0 Å². The molecule has 0 saturated heterocycles. The van der Waals surface area contributed by atoms with Crippen molar-refractivity contribution in [1.29, 1.82) is 0 Å². The Morgan fingerprint density at radius 1 is 1.10 bits per heavy atom. The van der Waals surface area contributed by atoms with Crippen molar-refractivity contribution in [2.75, 3.05) is 7.05 Å². The van der Waals surface area contributed by atoms with Gasteiger partial charge in [0, 0.05) is 0 Å². The summed E-state index contributed by atoms with van der Waals surface area (Å²) in [6.07, 6.45) is 1.96. The summed E-state index contributed by atoms with van der Waals surface area (Å²) >= 11 is 3.39. The highest BCUT2D eigenvalue weighted by Gasteiger charge is 2.19. The molecule has 0 radical (unpaired) electrons. The van der Waals surface area contributed by atoms with E-state index in [-0.39, 0.29) is 11.9 Å². The van der Waals surface area contributed by atoms with Gasteiger partial charge in [-0.2, -0.15) is 0 Å². The Balaban J connectivity index is 2.57. The fraction of sp³-hybridized carbons (Fsp3) is 0.333. The van der Waals surface area contributed by atoms with Gasteiger partial charge in [-0.25, -0.2) is 4.39 Å². The van der Waals surface area contributed by atoms with Crippen molar-refractivity contribution >= 4 is 15.9 Å². The van der Waals surface area contributed by atoms with E-state index in [1.165, 1.54) is 22.8 Å². The number of hydrogen-bond acceptors (Lipinski definition) is 1. The van der Waals surface area contributed by atoms with E-state index in [1.54, 1.807) is 6.07 Å². The molecule has 0 aromatic heterocycles. The topological polar surface area (TPSA) is 12.0 Å². The van der Waals surface area contributed by atoms with Crippen LogP contribution in [0.3, 0.4) is 0 Å². The molecule has 0 aliphatic rings. The van der Waals surface area contributed by atoms with Crippen LogP contribution in [0.1, 0.15) is 42.1 Å². The Hall–Kier alpha value is -1.19. The van der Waals surface area contributed by atoms with Crippen LogP contribution >= 0.6 is 15.9 Å². The van der Waals surface area contributed by atoms with E-state index < -0.39 is 0 Å². The van der Waals surface area contributed by atoms with Gasteiger partial charge < -0.3 is 5.32 Å². The summed E-state index contributed by atoms with van der Waals surface area (Å²) < 4.78 is 14.4. The molecule has 0 heterocycles. The smallest absolute Gasteiger partial charge is 0.137 e. The summed E-state index contributed by atoms with van der Waals surface area (Å²) in [5, 5.41) is 3.33. The van der Waals surface area contributed by atoms with Gasteiger partial charge in [0.2, 0.25) is 0 Å². The molecule has 21 heavy (non-hydrogen) atoms. The monoisotopic (exact) mass is 349 g/mol. The Kier molecular flexibility index (Phi) is 5.54. The van der Waals surface area contributed by atoms with Crippen LogP contribution in [0.25, 0.3) is 0 Å². The van der Waals surface area contributed by atoms with Gasteiger partial charge in [0.05, 0.1) is 10.5 Å². The van der Waals surface area contributed by atoms with Crippen LogP contribution in [0.5, 0.6) is 0 Å². The minimum Gasteiger partial charge on any atom is -0.309 e. The predicted octanol–water partition coefficient (Wildman–Crippen LogP) is 5.02. The van der Waals surface area contributed by atoms with Crippen LogP contribution in [0, 0.1) is 5.82 Å². The van der Waals surface area contributed by atoms with E-state index in [9.17, 15) is 4.39 Å². The summed E-state index contributed by atoms with van der Waals surface area (Å²) in [6.45, 7) is 4.30. The quantitative estimate of drug-likeness (QED) is 0.798. The lowest BCUT2D eigenvalue weighted by atomic mass is 9.91. The first-order chi connectivity index (χ1) is 10.1. The molecule has 0 amide bonds. The van der Waals surface area contributed by atoms with Crippen molar-refractivity contribution in [1.82, 2.24) is 5.32 Å². The van der Waals surface area contributed by atoms with E-state index in [0.29, 0.717) is 4.47 Å². The fourth-order valence-corrected chi connectivity index (χ4v) is 3.17. The summed E-state index contributed by atoms with van der Waals surface area (Å²) in [6, 6.07) is 11.8. The second-order valence-corrected chi connectivity index (χ2v) is 5.90. The van der Waals surface area contributed by atoms with E-state index in [0.717, 1.165) is 18.4 Å². The second-order valence-electron chi connectivity index (χ2n) is 5.11. The third-order valence-electron chi connectivity index (χ3n) is 3.89. The van der Waals surface area contributed by atoms with E-state index in [1.807, 2.05) is 13.1 Å². The third-order valence-corrected chi connectivity index (χ3v) is 4.73. The molecule has 0 aliphatic carbocycles. The number of aryl methyl sites for hydroxylation is 2. The van der Waals surface area contributed by atoms with Gasteiger partial charge in [0.1, 0.15) is 5.82 Å². The van der Waals surface area contributed by atoms with Crippen molar-refractivity contribution in [2.45, 2.75) is 32.7 Å². The van der Waals surface area contributed by atoms with Crippen molar-refractivity contribution in [3.63, 3.8) is 0 Å². The van der Waals surface area contributed by atoms with Crippen LogP contribution in [0.2, 0.25) is 0 Å². The average Bonchev–Trinajstić information content (AvgIpc) is 2.52. The minimum atomic E-state index is -0.225. The molecular formula is C18H21BrFN. The molecule has 1 atom stereocenters. The molecular weight excluding hydrogens is 329 g/mol. The van der Waals surface area contributed by atoms with Crippen LogP contribution in [0.15, 0.2) is 40.9 Å². The highest BCUT2D eigenvalue weighted by molar-refractivity contribution is 9.10. The second kappa shape index (κ2) is 7.19. The largest absolute Gasteiger partial charge is 0.309 e. The molecule has 0 fully saturated rings. The van der Waals surface area contributed by atoms with Gasteiger partial charge in [-0.05, 0) is 64.1 Å². The summed E-state index contributed by atoms with van der Waals surface area (Å²) in [4.78, 5) is 0. The van der Waals surface area contributed by atoms with Crippen molar-refractivity contribution in [3.05, 3.63) is 68.9 Å². The van der Waals surface area contributed by atoms with Crippen LogP contribution in [0.4, 0.5) is 4.39 Å². The molecule has 1 N–H and O–H groups in total. The lowest BCUT2D eigenvalue weighted by Crippen LogP contribution is -2.20. The zero-order chi connectivity index (χ0) is 15.4. The lowest BCUT2D eigenvalue weighted by molar-refractivity contribution is 0.607. The van der Waals surface area contributed by atoms with E-state index >= 15 is 0 Å². The number of benzene rings is 2. The molecule has 2 aromatic carbocycles. The molecule has 2 rings (SSSR count). The zero-order valence-electron chi connectivity index (χ0n) is 12.7. The third kappa shape index (κ3) is 3.35. The summed E-state index contributed by atoms with van der Waals surface area (Å²) in [7, 11) is 1.92. The van der Waals surface area contributed by atoms with Crippen LogP contribution in [-0.4, -0.2) is 7.05 Å². The summed E-state index contributed by atoms with van der Waals surface area (Å²) in [5.41, 5.74) is 4.75. The van der Waals surface area contributed by atoms with Gasteiger partial charge in [-0.1, -0.05) is 44.2 Å². The minimum absolute atomic E-state index is 0.0171. The molecule has 1 unspecified atom stereocenters. The predicted molar refractivity (Wildman–Crippen MR) is 90.2 cm³/mol. The van der Waals surface area contributed by atoms with Crippen molar-refractivity contribution < 1.29 is 4.39 Å². The standard InChI is InChI=1S/C18H21BrFN/c1-4-12-9-10-13(5-2)15(11-12)18(21-3)14-7-6-8-16(20)17(14)19/h6-11,18,21H,4-5H2,1-3H3. The van der Waals surface area contributed by atoms with Gasteiger partial charge in [0.15, 0.2) is 0 Å². The maximum atomic E-state index is 13.8. The van der Waals surface area contributed by atoms with Crippen molar-refractivity contribution in [3.8, 4) is 0 Å². The average molecular weight is 350 g/mol. The number of halogens is 2. The normalized spacial score (nSPS) is 12.4. The van der Waals surface area contributed by atoms with Crippen LogP contribution < -0.4 is 5.32 Å². The molecule has 0 bridgehead atoms. The first-order valence-electron chi connectivity index (χ1n) is 7.35. The molecule has 0 aliphatic heterocycles. The molecule has 1 nitrogen and oxygen atoms in total. The highest BCUT2D eigenvalue weighted by atomic mass is 79.9. The highest BCUT2D eigenvalue weighted by Crippen LogP contribution is 2.32. The summed E-state index contributed by atoms with van der Waals surface area (Å²) in [5.74, 6) is -0.225. The SMILES string of the molecule is CCc1ccc(CC)c(C(NC)c2cccc(F)c2Br)c1. The first-order valence-corrected chi connectivity index (χ1v) is 8.14. The Morgan fingerprint density at radius 3 is 2.48 bits per heavy atom. The van der Waals surface area contributed by atoms with Gasteiger partial charge in [-0.3, -0.25) is 0 Å². The molecule has 112 valence electrons.